The molecule has 0 fully saturated rings. The minimum absolute atomic E-state index is 0.574. The number of aryl methyl sites for hydroxylation is 2. The lowest BCUT2D eigenvalue weighted by atomic mass is 10.0. The smallest absolute Gasteiger partial charge is 0.0659 e. The first-order valence-electron chi connectivity index (χ1n) is 6.77. The molecule has 2 rings (SSSR count). The highest BCUT2D eigenvalue weighted by Gasteiger charge is 1.98. The molecule has 0 heterocycles. The first kappa shape index (κ1) is 13.5. The summed E-state index contributed by atoms with van der Waals surface area (Å²) in [4.78, 5) is 4.57. The summed E-state index contributed by atoms with van der Waals surface area (Å²) in [5.41, 5.74) is 6.04. The molecule has 1 heteroatoms. The van der Waals surface area contributed by atoms with E-state index in [2.05, 4.69) is 75.2 Å². The lowest BCUT2D eigenvalue weighted by Crippen LogP contribution is -1.88. The van der Waals surface area contributed by atoms with Crippen LogP contribution < -0.4 is 0 Å². The van der Waals surface area contributed by atoms with Crippen LogP contribution in [0.25, 0.3) is 0 Å². The zero-order valence-corrected chi connectivity index (χ0v) is 12.1. The molecule has 0 N–H and O–H groups in total. The monoisotopic (exact) mass is 251 g/mol. The van der Waals surface area contributed by atoms with E-state index in [1.807, 2.05) is 6.21 Å². The van der Waals surface area contributed by atoms with Gasteiger partial charge in [-0.3, -0.25) is 4.99 Å². The quantitative estimate of drug-likeness (QED) is 0.667. The maximum Gasteiger partial charge on any atom is 0.0659 e. The average Bonchev–Trinajstić information content (AvgIpc) is 2.38. The van der Waals surface area contributed by atoms with E-state index in [0.717, 1.165) is 11.3 Å². The minimum atomic E-state index is 0.574. The number of nitrogens with zero attached hydrogens (tertiary/aromatic N) is 1. The standard InChI is InChI=1S/C18H21N/c1-13(2)17-8-6-16(7-9-17)12-19-18-10-5-14(3)11-15(18)4/h5-13H,1-4H3. The van der Waals surface area contributed by atoms with Gasteiger partial charge in [-0.05, 0) is 42.5 Å². The van der Waals surface area contributed by atoms with E-state index < -0.39 is 0 Å². The van der Waals surface area contributed by atoms with E-state index in [1.54, 1.807) is 0 Å². The Hall–Kier alpha value is -1.89. The van der Waals surface area contributed by atoms with E-state index in [0.29, 0.717) is 5.92 Å². The highest BCUT2D eigenvalue weighted by Crippen LogP contribution is 2.19. The highest BCUT2D eigenvalue weighted by molar-refractivity contribution is 5.82. The van der Waals surface area contributed by atoms with Crippen molar-refractivity contribution in [3.8, 4) is 0 Å². The zero-order valence-electron chi connectivity index (χ0n) is 12.1. The molecule has 2 aromatic rings. The van der Waals surface area contributed by atoms with Gasteiger partial charge in [0.05, 0.1) is 5.69 Å². The molecule has 0 aliphatic carbocycles. The van der Waals surface area contributed by atoms with Gasteiger partial charge >= 0.3 is 0 Å². The average molecular weight is 251 g/mol. The topological polar surface area (TPSA) is 12.4 Å². The second kappa shape index (κ2) is 5.83. The Kier molecular flexibility index (Phi) is 4.16. The number of hydrogen-bond acceptors (Lipinski definition) is 1. The molecule has 0 radical (unpaired) electrons. The fourth-order valence-corrected chi connectivity index (χ4v) is 2.06. The van der Waals surface area contributed by atoms with E-state index in [-0.39, 0.29) is 0 Å². The van der Waals surface area contributed by atoms with Gasteiger partial charge in [-0.1, -0.05) is 55.8 Å². The molecule has 19 heavy (non-hydrogen) atoms. The fourth-order valence-electron chi connectivity index (χ4n) is 2.06. The molecule has 0 unspecified atom stereocenters. The maximum absolute atomic E-state index is 4.57. The van der Waals surface area contributed by atoms with Crippen molar-refractivity contribution in [2.45, 2.75) is 33.6 Å². The van der Waals surface area contributed by atoms with Crippen LogP contribution in [0.4, 0.5) is 5.69 Å². The number of hydrogen-bond donors (Lipinski definition) is 0. The summed E-state index contributed by atoms with van der Waals surface area (Å²) < 4.78 is 0. The van der Waals surface area contributed by atoms with Crippen LogP contribution in [-0.4, -0.2) is 6.21 Å². The van der Waals surface area contributed by atoms with E-state index in [1.165, 1.54) is 16.7 Å². The van der Waals surface area contributed by atoms with Gasteiger partial charge in [0.15, 0.2) is 0 Å². The molecule has 0 amide bonds. The molecule has 0 bridgehead atoms. The Balaban J connectivity index is 2.18. The molecular weight excluding hydrogens is 230 g/mol. The van der Waals surface area contributed by atoms with Gasteiger partial charge in [0.1, 0.15) is 0 Å². The van der Waals surface area contributed by atoms with Crippen molar-refractivity contribution in [1.82, 2.24) is 0 Å². The Morgan fingerprint density at radius 1 is 0.947 bits per heavy atom. The van der Waals surface area contributed by atoms with Crippen LogP contribution in [0.1, 0.15) is 42.0 Å². The van der Waals surface area contributed by atoms with Crippen LogP contribution in [0.15, 0.2) is 47.5 Å². The molecule has 0 atom stereocenters. The van der Waals surface area contributed by atoms with Gasteiger partial charge in [-0.2, -0.15) is 0 Å². The number of aliphatic imine (C=N–C) groups is 1. The third-order valence-corrected chi connectivity index (χ3v) is 3.31. The molecule has 98 valence electrons. The molecule has 2 aromatic carbocycles. The van der Waals surface area contributed by atoms with E-state index in [4.69, 9.17) is 0 Å². The Bertz CT molecular complexity index is 577. The summed E-state index contributed by atoms with van der Waals surface area (Å²) >= 11 is 0. The van der Waals surface area contributed by atoms with Crippen molar-refractivity contribution in [1.29, 1.82) is 0 Å². The maximum atomic E-state index is 4.57. The van der Waals surface area contributed by atoms with Gasteiger partial charge in [-0.25, -0.2) is 0 Å². The van der Waals surface area contributed by atoms with Crippen LogP contribution in [0.5, 0.6) is 0 Å². The van der Waals surface area contributed by atoms with Crippen molar-refractivity contribution >= 4 is 11.9 Å². The van der Waals surface area contributed by atoms with Gasteiger partial charge < -0.3 is 0 Å². The van der Waals surface area contributed by atoms with Crippen LogP contribution >= 0.6 is 0 Å². The predicted octanol–water partition coefficient (Wildman–Crippen LogP) is 5.18. The molecule has 1 nitrogen and oxygen atoms in total. The normalized spacial score (nSPS) is 11.4. The van der Waals surface area contributed by atoms with Crippen LogP contribution in [-0.2, 0) is 0 Å². The molecule has 0 saturated carbocycles. The lowest BCUT2D eigenvalue weighted by Gasteiger charge is -2.05. The molecule has 0 spiro atoms. The molecule has 0 aliphatic heterocycles. The van der Waals surface area contributed by atoms with E-state index >= 15 is 0 Å². The minimum Gasteiger partial charge on any atom is -0.256 e. The molecule has 0 saturated heterocycles. The van der Waals surface area contributed by atoms with Crippen molar-refractivity contribution in [2.24, 2.45) is 4.99 Å². The molecule has 0 aliphatic rings. The second-order valence-corrected chi connectivity index (χ2v) is 5.37. The van der Waals surface area contributed by atoms with Gasteiger partial charge in [0.25, 0.3) is 0 Å². The Labute approximate surface area is 116 Å². The first-order chi connectivity index (χ1) is 9.06. The lowest BCUT2D eigenvalue weighted by molar-refractivity contribution is 0.866. The summed E-state index contributed by atoms with van der Waals surface area (Å²) in [6.45, 7) is 8.62. The molecule has 0 aromatic heterocycles. The predicted molar refractivity (Wildman–Crippen MR) is 83.7 cm³/mol. The SMILES string of the molecule is Cc1ccc(N=Cc2ccc(C(C)C)cc2)c(C)c1. The van der Waals surface area contributed by atoms with Crippen molar-refractivity contribution in [3.05, 3.63) is 64.7 Å². The fraction of sp³-hybridized carbons (Fsp3) is 0.278. The highest BCUT2D eigenvalue weighted by atomic mass is 14.7. The van der Waals surface area contributed by atoms with Crippen LogP contribution in [0, 0.1) is 13.8 Å². The van der Waals surface area contributed by atoms with Crippen molar-refractivity contribution in [2.75, 3.05) is 0 Å². The summed E-state index contributed by atoms with van der Waals surface area (Å²) in [5.74, 6) is 0.574. The van der Waals surface area contributed by atoms with Crippen LogP contribution in [0.3, 0.4) is 0 Å². The Morgan fingerprint density at radius 3 is 2.21 bits per heavy atom. The largest absolute Gasteiger partial charge is 0.256 e. The summed E-state index contributed by atoms with van der Waals surface area (Å²) in [5, 5.41) is 0. The van der Waals surface area contributed by atoms with Crippen LogP contribution in [0.2, 0.25) is 0 Å². The zero-order chi connectivity index (χ0) is 13.8. The van der Waals surface area contributed by atoms with Gasteiger partial charge in [-0.15, -0.1) is 0 Å². The summed E-state index contributed by atoms with van der Waals surface area (Å²) in [6, 6.07) is 14.9. The third-order valence-electron chi connectivity index (χ3n) is 3.31. The number of rotatable bonds is 3. The van der Waals surface area contributed by atoms with Gasteiger partial charge in [0, 0.05) is 6.21 Å². The van der Waals surface area contributed by atoms with Gasteiger partial charge in [0.2, 0.25) is 0 Å². The Morgan fingerprint density at radius 2 is 1.63 bits per heavy atom. The first-order valence-corrected chi connectivity index (χ1v) is 6.77. The summed E-state index contributed by atoms with van der Waals surface area (Å²) in [6.07, 6.45) is 1.93. The third kappa shape index (κ3) is 3.54. The summed E-state index contributed by atoms with van der Waals surface area (Å²) in [7, 11) is 0. The van der Waals surface area contributed by atoms with E-state index in [9.17, 15) is 0 Å². The number of benzene rings is 2. The van der Waals surface area contributed by atoms with Crippen molar-refractivity contribution in [3.63, 3.8) is 0 Å². The van der Waals surface area contributed by atoms with Crippen molar-refractivity contribution < 1.29 is 0 Å². The molecular formula is C18H21N. The second-order valence-electron chi connectivity index (χ2n) is 5.37.